The molecule has 22 heavy (non-hydrogen) atoms. The van der Waals surface area contributed by atoms with Crippen LogP contribution in [0.2, 0.25) is 0 Å². The van der Waals surface area contributed by atoms with Gasteiger partial charge in [0.25, 0.3) is 0 Å². The maximum atomic E-state index is 11.8. The smallest absolute Gasteiger partial charge is 0.224 e. The van der Waals surface area contributed by atoms with Crippen LogP contribution >= 0.6 is 12.4 Å². The SMILES string of the molecule is CC(C)CC(=O)Nc1cccc(OC2CCN(C)CC2)c1.Cl. The van der Waals surface area contributed by atoms with Crippen LogP contribution in [0, 0.1) is 5.92 Å². The van der Waals surface area contributed by atoms with Gasteiger partial charge in [-0.15, -0.1) is 12.4 Å². The van der Waals surface area contributed by atoms with Gasteiger partial charge in [0.2, 0.25) is 5.91 Å². The molecule has 1 fully saturated rings. The Morgan fingerprint density at radius 1 is 1.36 bits per heavy atom. The maximum Gasteiger partial charge on any atom is 0.224 e. The third-order valence-corrected chi connectivity index (χ3v) is 3.68. The van der Waals surface area contributed by atoms with Gasteiger partial charge in [0, 0.05) is 31.3 Å². The summed E-state index contributed by atoms with van der Waals surface area (Å²) in [5.41, 5.74) is 0.811. The van der Waals surface area contributed by atoms with Gasteiger partial charge in [-0.2, -0.15) is 0 Å². The number of nitrogens with zero attached hydrogens (tertiary/aromatic N) is 1. The largest absolute Gasteiger partial charge is 0.490 e. The third kappa shape index (κ3) is 6.24. The molecule has 1 aromatic carbocycles. The first-order valence-electron chi connectivity index (χ1n) is 7.78. The van der Waals surface area contributed by atoms with Crippen molar-refractivity contribution in [2.24, 2.45) is 5.92 Å². The fourth-order valence-electron chi connectivity index (χ4n) is 2.53. The van der Waals surface area contributed by atoms with Crippen molar-refractivity contribution >= 4 is 24.0 Å². The standard InChI is InChI=1S/C17H26N2O2.ClH/c1-13(2)11-17(20)18-14-5-4-6-16(12-14)21-15-7-9-19(3)10-8-15;/h4-6,12-13,15H,7-11H2,1-3H3,(H,18,20);1H. The average molecular weight is 327 g/mol. The van der Waals surface area contributed by atoms with Crippen LogP contribution in [0.5, 0.6) is 5.75 Å². The summed E-state index contributed by atoms with van der Waals surface area (Å²) >= 11 is 0. The van der Waals surface area contributed by atoms with Crippen molar-refractivity contribution in [3.8, 4) is 5.75 Å². The highest BCUT2D eigenvalue weighted by atomic mass is 35.5. The van der Waals surface area contributed by atoms with Gasteiger partial charge in [0.05, 0.1) is 0 Å². The molecular weight excluding hydrogens is 300 g/mol. The number of nitrogens with one attached hydrogen (secondary N) is 1. The van der Waals surface area contributed by atoms with Crippen LogP contribution in [-0.2, 0) is 4.79 Å². The molecule has 1 N–H and O–H groups in total. The van der Waals surface area contributed by atoms with Gasteiger partial charge in [-0.1, -0.05) is 19.9 Å². The van der Waals surface area contributed by atoms with Crippen LogP contribution in [0.1, 0.15) is 33.1 Å². The number of ether oxygens (including phenoxy) is 1. The summed E-state index contributed by atoms with van der Waals surface area (Å²) in [5, 5.41) is 2.93. The Morgan fingerprint density at radius 2 is 2.05 bits per heavy atom. The van der Waals surface area contributed by atoms with Crippen molar-refractivity contribution in [2.45, 2.75) is 39.2 Å². The summed E-state index contributed by atoms with van der Waals surface area (Å²) in [6.07, 6.45) is 2.93. The quantitative estimate of drug-likeness (QED) is 0.899. The highest BCUT2D eigenvalue weighted by molar-refractivity contribution is 5.90. The van der Waals surface area contributed by atoms with Crippen LogP contribution in [0.15, 0.2) is 24.3 Å². The van der Waals surface area contributed by atoms with Crippen molar-refractivity contribution in [1.29, 1.82) is 0 Å². The third-order valence-electron chi connectivity index (χ3n) is 3.68. The second-order valence-corrected chi connectivity index (χ2v) is 6.29. The molecule has 0 radical (unpaired) electrons. The Bertz CT molecular complexity index is 471. The van der Waals surface area contributed by atoms with Crippen molar-refractivity contribution in [3.63, 3.8) is 0 Å². The summed E-state index contributed by atoms with van der Waals surface area (Å²) in [6, 6.07) is 7.70. The van der Waals surface area contributed by atoms with Gasteiger partial charge in [-0.25, -0.2) is 0 Å². The van der Waals surface area contributed by atoms with Crippen LogP contribution in [-0.4, -0.2) is 37.0 Å². The number of carbonyl (C=O) groups is 1. The molecule has 1 heterocycles. The van der Waals surface area contributed by atoms with Gasteiger partial charge < -0.3 is 15.0 Å². The molecule has 0 aromatic heterocycles. The van der Waals surface area contributed by atoms with E-state index in [1.54, 1.807) is 0 Å². The van der Waals surface area contributed by atoms with E-state index in [0.29, 0.717) is 12.3 Å². The Morgan fingerprint density at radius 3 is 2.68 bits per heavy atom. The fraction of sp³-hybridized carbons (Fsp3) is 0.588. The summed E-state index contributed by atoms with van der Waals surface area (Å²) in [4.78, 5) is 14.1. The summed E-state index contributed by atoms with van der Waals surface area (Å²) in [6.45, 7) is 6.24. The van der Waals surface area contributed by atoms with E-state index in [0.717, 1.165) is 37.4 Å². The van der Waals surface area contributed by atoms with Gasteiger partial charge in [-0.05, 0) is 37.9 Å². The summed E-state index contributed by atoms with van der Waals surface area (Å²) < 4.78 is 6.03. The lowest BCUT2D eigenvalue weighted by Crippen LogP contribution is -2.35. The van der Waals surface area contributed by atoms with Crippen LogP contribution in [0.3, 0.4) is 0 Å². The molecule has 0 spiro atoms. The Kier molecular flexibility index (Phi) is 7.69. The van der Waals surface area contributed by atoms with Crippen LogP contribution in [0.25, 0.3) is 0 Å². The van der Waals surface area contributed by atoms with E-state index in [4.69, 9.17) is 4.74 Å². The van der Waals surface area contributed by atoms with Gasteiger partial charge in [0.15, 0.2) is 0 Å². The van der Waals surface area contributed by atoms with Crippen LogP contribution in [0.4, 0.5) is 5.69 Å². The number of hydrogen-bond acceptors (Lipinski definition) is 3. The second-order valence-electron chi connectivity index (χ2n) is 6.29. The first-order chi connectivity index (χ1) is 10.0. The molecule has 0 aliphatic carbocycles. The number of piperidine rings is 1. The zero-order valence-electron chi connectivity index (χ0n) is 13.7. The van der Waals surface area contributed by atoms with Crippen molar-refractivity contribution in [2.75, 3.05) is 25.5 Å². The molecule has 4 nitrogen and oxygen atoms in total. The molecular formula is C17H27ClN2O2. The molecule has 0 unspecified atom stereocenters. The number of amides is 1. The predicted molar refractivity (Wildman–Crippen MR) is 92.9 cm³/mol. The number of hydrogen-bond donors (Lipinski definition) is 1. The molecule has 2 rings (SSSR count). The average Bonchev–Trinajstić information content (AvgIpc) is 2.41. The lowest BCUT2D eigenvalue weighted by molar-refractivity contribution is -0.116. The number of halogens is 1. The Labute approximate surface area is 139 Å². The number of carbonyl (C=O) groups excluding carboxylic acids is 1. The molecule has 0 atom stereocenters. The van der Waals surface area contributed by atoms with Gasteiger partial charge in [0.1, 0.15) is 11.9 Å². The van der Waals surface area contributed by atoms with E-state index in [9.17, 15) is 4.79 Å². The Balaban J connectivity index is 0.00000242. The molecule has 0 saturated carbocycles. The molecule has 1 aromatic rings. The molecule has 1 aliphatic heterocycles. The van der Waals surface area contributed by atoms with Crippen molar-refractivity contribution in [1.82, 2.24) is 4.90 Å². The summed E-state index contributed by atoms with van der Waals surface area (Å²) in [7, 11) is 2.14. The topological polar surface area (TPSA) is 41.6 Å². The fourth-order valence-corrected chi connectivity index (χ4v) is 2.53. The molecule has 1 amide bonds. The first kappa shape index (κ1) is 18.8. The van der Waals surface area contributed by atoms with Crippen molar-refractivity contribution in [3.05, 3.63) is 24.3 Å². The predicted octanol–water partition coefficient (Wildman–Crippen LogP) is 3.57. The number of rotatable bonds is 5. The lowest BCUT2D eigenvalue weighted by Gasteiger charge is -2.29. The molecule has 0 bridgehead atoms. The van der Waals surface area contributed by atoms with Gasteiger partial charge >= 0.3 is 0 Å². The van der Waals surface area contributed by atoms with E-state index in [2.05, 4.69) is 17.3 Å². The number of anilines is 1. The van der Waals surface area contributed by atoms with E-state index < -0.39 is 0 Å². The lowest BCUT2D eigenvalue weighted by atomic mass is 10.1. The number of likely N-dealkylation sites (tertiary alicyclic amines) is 1. The monoisotopic (exact) mass is 326 g/mol. The Hall–Kier alpha value is -1.26. The van der Waals surface area contributed by atoms with E-state index in [-0.39, 0.29) is 24.4 Å². The van der Waals surface area contributed by atoms with Crippen molar-refractivity contribution < 1.29 is 9.53 Å². The number of benzene rings is 1. The molecule has 124 valence electrons. The first-order valence-corrected chi connectivity index (χ1v) is 7.78. The highest BCUT2D eigenvalue weighted by Crippen LogP contribution is 2.22. The van der Waals surface area contributed by atoms with Crippen LogP contribution < -0.4 is 10.1 Å². The van der Waals surface area contributed by atoms with Gasteiger partial charge in [-0.3, -0.25) is 4.79 Å². The van der Waals surface area contributed by atoms with E-state index in [1.807, 2.05) is 38.1 Å². The van der Waals surface area contributed by atoms with E-state index >= 15 is 0 Å². The molecule has 5 heteroatoms. The normalized spacial score (nSPS) is 16.2. The minimum Gasteiger partial charge on any atom is -0.490 e. The minimum absolute atomic E-state index is 0. The second kappa shape index (κ2) is 9.01. The highest BCUT2D eigenvalue weighted by Gasteiger charge is 2.18. The van der Waals surface area contributed by atoms with E-state index in [1.165, 1.54) is 0 Å². The zero-order chi connectivity index (χ0) is 15.2. The molecule has 1 saturated heterocycles. The summed E-state index contributed by atoms with van der Waals surface area (Å²) in [5.74, 6) is 1.26. The maximum absolute atomic E-state index is 11.8. The zero-order valence-corrected chi connectivity index (χ0v) is 14.5. The minimum atomic E-state index is 0. The molecule has 1 aliphatic rings.